The summed E-state index contributed by atoms with van der Waals surface area (Å²) in [6.07, 6.45) is 7.44. The van der Waals surface area contributed by atoms with E-state index in [2.05, 4.69) is 19.2 Å². The number of thioether (sulfide) groups is 1. The van der Waals surface area contributed by atoms with Crippen LogP contribution in [0.3, 0.4) is 0 Å². The number of rotatable bonds is 11. The van der Waals surface area contributed by atoms with Crippen LogP contribution in [0.2, 0.25) is 0 Å². The lowest BCUT2D eigenvalue weighted by Crippen LogP contribution is -2.38. The van der Waals surface area contributed by atoms with E-state index < -0.39 is 16.5 Å². The molecule has 0 aliphatic heterocycles. The van der Waals surface area contributed by atoms with Gasteiger partial charge >= 0.3 is 5.30 Å². The lowest BCUT2D eigenvalue weighted by atomic mass is 9.69. The van der Waals surface area contributed by atoms with Gasteiger partial charge in [-0.05, 0) is 74.3 Å². The van der Waals surface area contributed by atoms with Gasteiger partial charge < -0.3 is 20.3 Å². The van der Waals surface area contributed by atoms with E-state index in [1.165, 1.54) is 0 Å². The number of benzene rings is 1. The van der Waals surface area contributed by atoms with Gasteiger partial charge in [-0.25, -0.2) is 4.79 Å². The minimum atomic E-state index is -1.15. The highest BCUT2D eigenvalue weighted by Crippen LogP contribution is 2.43. The average molecular weight is 449 g/mol. The molecule has 2 N–H and O–H groups in total. The Kier molecular flexibility index (Phi) is 9.88. The lowest BCUT2D eigenvalue weighted by molar-refractivity contribution is -0.305. The maximum atomic E-state index is 13.5. The third-order valence-electron chi connectivity index (χ3n) is 6.14. The Hall–Kier alpha value is -2.02. The number of carbonyl (C=O) groups is 3. The summed E-state index contributed by atoms with van der Waals surface area (Å²) < 4.78 is 0. The molecule has 0 spiro atoms. The molecule has 6 nitrogen and oxygen atoms in total. The molecule has 1 aliphatic rings. The summed E-state index contributed by atoms with van der Waals surface area (Å²) in [5.74, 6) is -0.599. The summed E-state index contributed by atoms with van der Waals surface area (Å²) in [5, 5.41) is 21.8. The van der Waals surface area contributed by atoms with Crippen LogP contribution >= 0.6 is 11.8 Å². The Balaban J connectivity index is 2.23. The first-order chi connectivity index (χ1) is 14.7. The summed E-state index contributed by atoms with van der Waals surface area (Å²) in [6, 6.07) is 7.26. The fourth-order valence-corrected chi connectivity index (χ4v) is 5.22. The van der Waals surface area contributed by atoms with Crippen LogP contribution in [-0.4, -0.2) is 22.3 Å². The third kappa shape index (κ3) is 7.87. The van der Waals surface area contributed by atoms with Crippen LogP contribution in [-0.2, 0) is 9.59 Å². The van der Waals surface area contributed by atoms with Crippen LogP contribution < -0.4 is 10.4 Å². The van der Waals surface area contributed by atoms with Gasteiger partial charge in [0.25, 0.3) is 0 Å². The predicted octanol–water partition coefficient (Wildman–Crippen LogP) is 5.38. The number of carboxylic acid groups (broad SMARTS) is 2. The second-order valence-electron chi connectivity index (χ2n) is 8.95. The molecule has 0 aromatic heterocycles. The second kappa shape index (κ2) is 12.1. The van der Waals surface area contributed by atoms with Crippen LogP contribution in [0.15, 0.2) is 24.3 Å². The quantitative estimate of drug-likeness (QED) is 0.470. The Morgan fingerprint density at radius 1 is 1.13 bits per heavy atom. The second-order valence-corrected chi connectivity index (χ2v) is 10.1. The maximum Gasteiger partial charge on any atom is 0.365 e. The molecular weight excluding hydrogens is 414 g/mol. The largest absolute Gasteiger partial charge is 0.550 e. The van der Waals surface area contributed by atoms with Crippen molar-refractivity contribution in [1.29, 1.82) is 0 Å². The van der Waals surface area contributed by atoms with Crippen LogP contribution in [0.5, 0.6) is 0 Å². The monoisotopic (exact) mass is 448 g/mol. The van der Waals surface area contributed by atoms with Gasteiger partial charge in [0.2, 0.25) is 5.91 Å². The minimum Gasteiger partial charge on any atom is -0.550 e. The van der Waals surface area contributed by atoms with Crippen molar-refractivity contribution in [2.24, 2.45) is 11.3 Å². The number of amides is 1. The van der Waals surface area contributed by atoms with E-state index >= 15 is 0 Å². The molecule has 0 saturated heterocycles. The number of nitrogens with one attached hydrogen (secondary N) is 1. The van der Waals surface area contributed by atoms with E-state index in [1.54, 1.807) is 6.07 Å². The van der Waals surface area contributed by atoms with Gasteiger partial charge in [0.1, 0.15) is 0 Å². The Morgan fingerprint density at radius 3 is 2.42 bits per heavy atom. The summed E-state index contributed by atoms with van der Waals surface area (Å²) >= 11 is 0.746. The fourth-order valence-electron chi connectivity index (χ4n) is 4.36. The number of carbonyl (C=O) groups excluding carboxylic acids is 2. The molecule has 0 heterocycles. The summed E-state index contributed by atoms with van der Waals surface area (Å²) in [6.45, 7) is 4.34. The maximum absolute atomic E-state index is 13.5. The number of hydrogen-bond donors (Lipinski definition) is 2. The lowest BCUT2D eigenvalue weighted by Gasteiger charge is -2.37. The third-order valence-corrected chi connectivity index (χ3v) is 7.11. The highest BCUT2D eigenvalue weighted by atomic mass is 32.2. The fraction of sp³-hybridized carbons (Fsp3) is 0.625. The van der Waals surface area contributed by atoms with Gasteiger partial charge in [-0.15, -0.1) is 0 Å². The first-order valence-corrected chi connectivity index (χ1v) is 12.1. The van der Waals surface area contributed by atoms with Gasteiger partial charge in [-0.2, -0.15) is 0 Å². The summed E-state index contributed by atoms with van der Waals surface area (Å²) in [4.78, 5) is 35.7. The van der Waals surface area contributed by atoms with E-state index in [-0.39, 0.29) is 17.7 Å². The molecule has 2 rings (SSSR count). The summed E-state index contributed by atoms with van der Waals surface area (Å²) in [5.41, 5.74) is 0.964. The zero-order chi connectivity index (χ0) is 22.9. The van der Waals surface area contributed by atoms with E-state index in [0.29, 0.717) is 24.4 Å². The number of aliphatic carboxylic acids is 1. The van der Waals surface area contributed by atoms with Crippen molar-refractivity contribution in [2.45, 2.75) is 83.3 Å². The van der Waals surface area contributed by atoms with Crippen molar-refractivity contribution in [3.05, 3.63) is 29.8 Å². The zero-order valence-electron chi connectivity index (χ0n) is 18.5. The molecule has 1 atom stereocenters. The van der Waals surface area contributed by atoms with Gasteiger partial charge in [0.05, 0.1) is 0 Å². The average Bonchev–Trinajstić information content (AvgIpc) is 2.72. The van der Waals surface area contributed by atoms with E-state index in [1.807, 2.05) is 18.2 Å². The van der Waals surface area contributed by atoms with Gasteiger partial charge in [-0.3, -0.25) is 4.79 Å². The van der Waals surface area contributed by atoms with Gasteiger partial charge in [-0.1, -0.05) is 51.3 Å². The molecule has 0 bridgehead atoms. The first kappa shape index (κ1) is 25.2. The van der Waals surface area contributed by atoms with Crippen LogP contribution in [0.1, 0.15) is 88.9 Å². The van der Waals surface area contributed by atoms with Gasteiger partial charge in [0, 0.05) is 22.3 Å². The minimum absolute atomic E-state index is 0.0223. The predicted molar refractivity (Wildman–Crippen MR) is 122 cm³/mol. The van der Waals surface area contributed by atoms with Crippen molar-refractivity contribution >= 4 is 34.6 Å². The SMILES string of the molecule is CC(C)CCC1(C(=O)Nc2ccccc2C(CCCC(=O)[O-])SC(=O)O)CCCCC1. The van der Waals surface area contributed by atoms with Crippen LogP contribution in [0.25, 0.3) is 0 Å². The molecule has 1 aromatic rings. The molecule has 1 amide bonds. The Bertz CT molecular complexity index is 758. The number of carboxylic acids is 1. The molecule has 31 heavy (non-hydrogen) atoms. The van der Waals surface area contributed by atoms with Crippen molar-refractivity contribution in [3.8, 4) is 0 Å². The van der Waals surface area contributed by atoms with E-state index in [9.17, 15) is 24.6 Å². The van der Waals surface area contributed by atoms with Crippen LogP contribution in [0.4, 0.5) is 10.5 Å². The number of hydrogen-bond acceptors (Lipinski definition) is 5. The first-order valence-electron chi connectivity index (χ1n) is 11.2. The molecule has 172 valence electrons. The van der Waals surface area contributed by atoms with Crippen molar-refractivity contribution in [2.75, 3.05) is 5.32 Å². The smallest absolute Gasteiger partial charge is 0.365 e. The number of anilines is 1. The zero-order valence-corrected chi connectivity index (χ0v) is 19.3. The highest BCUT2D eigenvalue weighted by Gasteiger charge is 2.39. The standard InChI is InChI=1S/C24H35NO5S/c1-17(2)13-16-24(14-6-3-7-15-24)22(28)25-19-10-5-4-9-18(19)20(31-23(29)30)11-8-12-21(26)27/h4-5,9-10,17,20H,3,6-8,11-16H2,1-2H3,(H,25,28)(H,26,27)(H,29,30)/p-1. The molecular formula is C24H34NO5S-. The van der Waals surface area contributed by atoms with Crippen molar-refractivity contribution in [3.63, 3.8) is 0 Å². The van der Waals surface area contributed by atoms with E-state index in [0.717, 1.165) is 62.3 Å². The molecule has 7 heteroatoms. The van der Waals surface area contributed by atoms with Crippen molar-refractivity contribution in [1.82, 2.24) is 0 Å². The molecule has 1 aromatic carbocycles. The molecule has 1 unspecified atom stereocenters. The Labute approximate surface area is 189 Å². The molecule has 1 saturated carbocycles. The number of para-hydroxylation sites is 1. The molecule has 1 fully saturated rings. The van der Waals surface area contributed by atoms with Gasteiger partial charge in [0.15, 0.2) is 0 Å². The summed E-state index contributed by atoms with van der Waals surface area (Å²) in [7, 11) is 0. The topological polar surface area (TPSA) is 107 Å². The normalized spacial score (nSPS) is 16.6. The Morgan fingerprint density at radius 2 is 1.81 bits per heavy atom. The van der Waals surface area contributed by atoms with Crippen molar-refractivity contribution < 1.29 is 24.6 Å². The molecule has 1 aliphatic carbocycles. The van der Waals surface area contributed by atoms with Crippen LogP contribution in [0, 0.1) is 11.3 Å². The van der Waals surface area contributed by atoms with E-state index in [4.69, 9.17) is 0 Å². The molecule has 0 radical (unpaired) electrons. The highest BCUT2D eigenvalue weighted by molar-refractivity contribution is 8.13.